The minimum Gasteiger partial charge on any atom is -0.310 e. The van der Waals surface area contributed by atoms with Crippen LogP contribution in [0.15, 0.2) is 158 Å². The van der Waals surface area contributed by atoms with E-state index in [9.17, 15) is 0 Å². The Kier molecular flexibility index (Phi) is 7.87. The van der Waals surface area contributed by atoms with Crippen LogP contribution in [0.3, 0.4) is 0 Å². The molecule has 5 heterocycles. The van der Waals surface area contributed by atoms with Gasteiger partial charge in [0.05, 0.1) is 33.4 Å². The van der Waals surface area contributed by atoms with Gasteiger partial charge in [0.25, 0.3) is 6.71 Å². The summed E-state index contributed by atoms with van der Waals surface area (Å²) in [4.78, 5) is 0. The van der Waals surface area contributed by atoms with E-state index in [1.807, 2.05) is 0 Å². The largest absolute Gasteiger partial charge is 0.310 e. The van der Waals surface area contributed by atoms with E-state index < -0.39 is 0 Å². The Morgan fingerprint density at radius 3 is 1.16 bits per heavy atom. The van der Waals surface area contributed by atoms with Crippen LogP contribution in [0.4, 0.5) is 0 Å². The fraction of sp³-hybridized carbons (Fsp3) is 0.167. The Labute approximate surface area is 442 Å². The molecule has 0 bridgehead atoms. The number of hydrogen-bond acceptors (Lipinski definition) is 0. The van der Waals surface area contributed by atoms with Gasteiger partial charge in [0.15, 0.2) is 0 Å². The maximum absolute atomic E-state index is 2.73. The fourth-order valence-corrected chi connectivity index (χ4v) is 15.1. The summed E-state index contributed by atoms with van der Waals surface area (Å²) >= 11 is 0. The van der Waals surface area contributed by atoms with Crippen molar-refractivity contribution >= 4 is 142 Å². The number of benzene rings is 12. The van der Waals surface area contributed by atoms with E-state index in [0.717, 1.165) is 0 Å². The molecule has 0 atom stereocenters. The van der Waals surface area contributed by atoms with Gasteiger partial charge in [-0.05, 0) is 177 Å². The van der Waals surface area contributed by atoms with Crippen molar-refractivity contribution in [2.45, 2.75) is 80.1 Å². The molecule has 0 unspecified atom stereocenters. The van der Waals surface area contributed by atoms with E-state index >= 15 is 0 Å². The highest BCUT2D eigenvalue weighted by Crippen LogP contribution is 2.53. The first-order valence-electron chi connectivity index (χ1n) is 27.4. The molecule has 3 nitrogen and oxygen atoms in total. The van der Waals surface area contributed by atoms with Gasteiger partial charge in [-0.25, -0.2) is 0 Å². The Morgan fingerprint density at radius 1 is 0.316 bits per heavy atom. The second kappa shape index (κ2) is 13.9. The van der Waals surface area contributed by atoms with Gasteiger partial charge in [-0.15, -0.1) is 0 Å². The van der Waals surface area contributed by atoms with Crippen LogP contribution in [0, 0.1) is 27.7 Å². The third-order valence-electron chi connectivity index (χ3n) is 18.3. The third-order valence-corrected chi connectivity index (χ3v) is 18.3. The highest BCUT2D eigenvalue weighted by Gasteiger charge is 2.44. The molecule has 4 heteroatoms. The van der Waals surface area contributed by atoms with Gasteiger partial charge in [0.1, 0.15) is 0 Å². The van der Waals surface area contributed by atoms with Crippen LogP contribution in [0.2, 0.25) is 0 Å². The zero-order chi connectivity index (χ0) is 51.3. The van der Waals surface area contributed by atoms with Crippen LogP contribution in [-0.4, -0.2) is 20.4 Å². The summed E-state index contributed by atoms with van der Waals surface area (Å²) < 4.78 is 8.03. The molecule has 76 heavy (non-hydrogen) atoms. The molecule has 362 valence electrons. The first-order valence-corrected chi connectivity index (χ1v) is 27.4. The smallest absolute Gasteiger partial charge is 0.252 e. The molecule has 12 aromatic carbocycles. The molecule has 0 aliphatic carbocycles. The van der Waals surface area contributed by atoms with Gasteiger partial charge < -0.3 is 13.7 Å². The van der Waals surface area contributed by atoms with Crippen LogP contribution in [0.1, 0.15) is 74.9 Å². The van der Waals surface area contributed by atoms with E-state index in [1.165, 1.54) is 186 Å². The molecular weight excluding hydrogens is 918 g/mol. The van der Waals surface area contributed by atoms with E-state index in [-0.39, 0.29) is 17.5 Å². The molecule has 2 aliphatic rings. The Hall–Kier alpha value is -8.34. The lowest BCUT2D eigenvalue weighted by atomic mass is 9.33. The van der Waals surface area contributed by atoms with Crippen molar-refractivity contribution in [1.29, 1.82) is 0 Å². The highest BCUT2D eigenvalue weighted by molar-refractivity contribution is 7.01. The van der Waals surface area contributed by atoms with Crippen molar-refractivity contribution in [1.82, 2.24) is 13.7 Å². The molecule has 0 saturated carbocycles. The van der Waals surface area contributed by atoms with E-state index in [0.29, 0.717) is 0 Å². The lowest BCUT2D eigenvalue weighted by Crippen LogP contribution is -2.59. The molecule has 2 aliphatic heterocycles. The first-order chi connectivity index (χ1) is 36.6. The lowest BCUT2D eigenvalue weighted by molar-refractivity contribution is 0.590. The van der Waals surface area contributed by atoms with Crippen molar-refractivity contribution in [3.05, 3.63) is 191 Å². The highest BCUT2D eigenvalue weighted by atomic mass is 15.0. The topological polar surface area (TPSA) is 14.8 Å². The van der Waals surface area contributed by atoms with Crippen molar-refractivity contribution in [3.63, 3.8) is 0 Å². The number of aryl methyl sites for hydroxylation is 4. The van der Waals surface area contributed by atoms with Crippen molar-refractivity contribution < 1.29 is 0 Å². The Morgan fingerprint density at radius 2 is 0.711 bits per heavy atom. The van der Waals surface area contributed by atoms with Crippen molar-refractivity contribution in [2.24, 2.45) is 0 Å². The van der Waals surface area contributed by atoms with Crippen LogP contribution >= 0.6 is 0 Å². The standard InChI is InChI=1S/C72H56BN3/c1-37-19-23-60-48(27-37)54-29-39(3)31-56-67(54)75(60)69-63-46-17-13-11-15-44(46)52-35-43(74-58-25-21-41(71(5,6)7)33-50(58)51-34-42(72(8,9)10)22-26-59(51)74)36-53-45-16-12-14-18-47(45)64(65(63)62(52)53)70-66(69)73(56)57-32-40(4)30-55-49-28-38(2)20-24-61(49)76(70)68(55)57/h11-36H,1-10H3. The van der Waals surface area contributed by atoms with Gasteiger partial charge in [-0.3, -0.25) is 0 Å². The van der Waals surface area contributed by atoms with Crippen molar-refractivity contribution in [3.8, 4) is 17.1 Å². The van der Waals surface area contributed by atoms with Gasteiger partial charge in [-0.2, -0.15) is 0 Å². The van der Waals surface area contributed by atoms with Gasteiger partial charge in [0, 0.05) is 65.2 Å². The number of aromatic nitrogens is 3. The van der Waals surface area contributed by atoms with Crippen LogP contribution in [-0.2, 0) is 10.8 Å². The first kappa shape index (κ1) is 43.0. The summed E-state index contributed by atoms with van der Waals surface area (Å²) in [5, 5.41) is 21.0. The second-order valence-corrected chi connectivity index (χ2v) is 25.2. The Balaban J connectivity index is 1.14. The second-order valence-electron chi connectivity index (χ2n) is 25.2. The average molecular weight is 974 g/mol. The minimum atomic E-state index is 0.00423. The maximum atomic E-state index is 2.73. The fourth-order valence-electron chi connectivity index (χ4n) is 15.1. The zero-order valence-corrected chi connectivity index (χ0v) is 44.9. The molecule has 0 fully saturated rings. The molecule has 15 aromatic rings. The number of hydrogen-bond donors (Lipinski definition) is 0. The predicted octanol–water partition coefficient (Wildman–Crippen LogP) is 17.2. The predicted molar refractivity (Wildman–Crippen MR) is 329 cm³/mol. The van der Waals surface area contributed by atoms with E-state index in [4.69, 9.17) is 0 Å². The summed E-state index contributed by atoms with van der Waals surface area (Å²) in [6.07, 6.45) is 0. The Bertz CT molecular complexity index is 4910. The van der Waals surface area contributed by atoms with Gasteiger partial charge in [-0.1, -0.05) is 149 Å². The minimum absolute atomic E-state index is 0.00423. The van der Waals surface area contributed by atoms with Gasteiger partial charge in [0.2, 0.25) is 0 Å². The van der Waals surface area contributed by atoms with Crippen LogP contribution in [0.25, 0.3) is 136 Å². The average Bonchev–Trinajstić information content (AvgIpc) is 3.74. The van der Waals surface area contributed by atoms with E-state index in [1.54, 1.807) is 0 Å². The molecular formula is C72H56BN3. The van der Waals surface area contributed by atoms with Gasteiger partial charge >= 0.3 is 0 Å². The SMILES string of the molecule is Cc1ccc2c(c1)c1cc(C)cc3c1n2-c1c2c(c4c5ccccc5c5cc(-n6c7ccc(C(C)(C)C)cc7c7cc(C(C)(C)C)ccc76)cc6c7ccccc7c1c4c65)-n1c4ccc(C)cc4c4cc(C)cc(c41)B23. The summed E-state index contributed by atoms with van der Waals surface area (Å²) in [5.41, 5.74) is 23.6. The summed E-state index contributed by atoms with van der Waals surface area (Å²) in [6, 6.07) is 62.7. The molecule has 17 rings (SSSR count). The molecule has 0 N–H and O–H groups in total. The maximum Gasteiger partial charge on any atom is 0.252 e. The number of rotatable bonds is 1. The molecule has 0 saturated heterocycles. The summed E-state index contributed by atoms with van der Waals surface area (Å²) in [7, 11) is 0. The molecule has 0 amide bonds. The number of fused-ring (bicyclic) bond motifs is 21. The van der Waals surface area contributed by atoms with Crippen LogP contribution in [0.5, 0.6) is 0 Å². The lowest BCUT2D eigenvalue weighted by Gasteiger charge is -2.37. The van der Waals surface area contributed by atoms with Crippen LogP contribution < -0.4 is 16.4 Å². The normalized spacial score (nSPS) is 13.6. The van der Waals surface area contributed by atoms with E-state index in [2.05, 4.69) is 241 Å². The summed E-state index contributed by atoms with van der Waals surface area (Å²) in [6.45, 7) is 23.1. The molecule has 0 spiro atoms. The zero-order valence-electron chi connectivity index (χ0n) is 44.9. The number of nitrogens with zero attached hydrogens (tertiary/aromatic N) is 3. The van der Waals surface area contributed by atoms with Crippen molar-refractivity contribution in [2.75, 3.05) is 0 Å². The molecule has 3 aromatic heterocycles. The monoisotopic (exact) mass is 973 g/mol. The quantitative estimate of drug-likeness (QED) is 0.0885. The molecule has 0 radical (unpaired) electrons. The third kappa shape index (κ3) is 5.21. The summed E-state index contributed by atoms with van der Waals surface area (Å²) in [5.74, 6) is 0.